The van der Waals surface area contributed by atoms with Crippen LogP contribution in [0.15, 0.2) is 5.38 Å². The molecule has 2 rings (SSSR count). The number of aryl methyl sites for hydroxylation is 1. The lowest BCUT2D eigenvalue weighted by Gasteiger charge is -2.21. The van der Waals surface area contributed by atoms with Crippen LogP contribution in [0.5, 0.6) is 0 Å². The standard InChI is InChI=1S/C9H12N2O3S/c1-6-5-15-9(10-6)11-8(12)7-4-13-2-3-14-7/h5,7H,2-4H2,1H3,(H,10,11,12)/t7-/m0/s1. The zero-order valence-electron chi connectivity index (χ0n) is 8.36. The van der Waals surface area contributed by atoms with E-state index < -0.39 is 6.10 Å². The van der Waals surface area contributed by atoms with Gasteiger partial charge in [0.1, 0.15) is 0 Å². The Morgan fingerprint density at radius 2 is 2.53 bits per heavy atom. The number of rotatable bonds is 2. The maximum Gasteiger partial charge on any atom is 0.257 e. The quantitative estimate of drug-likeness (QED) is 0.813. The molecular formula is C9H12N2O3S. The maximum atomic E-state index is 11.6. The second-order valence-corrected chi connectivity index (χ2v) is 4.08. The molecule has 15 heavy (non-hydrogen) atoms. The first-order valence-electron chi connectivity index (χ1n) is 4.68. The van der Waals surface area contributed by atoms with Gasteiger partial charge in [0.05, 0.1) is 25.5 Å². The number of ether oxygens (including phenoxy) is 2. The molecule has 1 amide bonds. The maximum absolute atomic E-state index is 11.6. The van der Waals surface area contributed by atoms with Crippen LogP contribution in [-0.2, 0) is 14.3 Å². The molecule has 0 aromatic carbocycles. The SMILES string of the molecule is Cc1csc(NC(=O)[C@@H]2COCCO2)n1. The minimum absolute atomic E-state index is 0.191. The summed E-state index contributed by atoms with van der Waals surface area (Å²) >= 11 is 1.40. The molecular weight excluding hydrogens is 216 g/mol. The van der Waals surface area contributed by atoms with Crippen molar-refractivity contribution in [2.24, 2.45) is 0 Å². The van der Waals surface area contributed by atoms with E-state index in [1.165, 1.54) is 11.3 Å². The van der Waals surface area contributed by atoms with Crippen LogP contribution in [-0.4, -0.2) is 36.8 Å². The molecule has 1 atom stereocenters. The average Bonchev–Trinajstić information content (AvgIpc) is 2.65. The van der Waals surface area contributed by atoms with Gasteiger partial charge in [-0.3, -0.25) is 10.1 Å². The minimum atomic E-state index is -0.511. The van der Waals surface area contributed by atoms with Crippen molar-refractivity contribution in [1.29, 1.82) is 0 Å². The largest absolute Gasteiger partial charge is 0.376 e. The van der Waals surface area contributed by atoms with E-state index in [2.05, 4.69) is 10.3 Å². The minimum Gasteiger partial charge on any atom is -0.376 e. The Balaban J connectivity index is 1.91. The first-order valence-corrected chi connectivity index (χ1v) is 5.56. The van der Waals surface area contributed by atoms with Crippen molar-refractivity contribution in [2.45, 2.75) is 13.0 Å². The predicted octanol–water partition coefficient (Wildman–Crippen LogP) is 0.805. The predicted molar refractivity (Wildman–Crippen MR) is 56.0 cm³/mol. The molecule has 82 valence electrons. The van der Waals surface area contributed by atoms with Gasteiger partial charge in [0.2, 0.25) is 0 Å². The Kier molecular flexibility index (Phi) is 3.30. The van der Waals surface area contributed by atoms with Crippen LogP contribution in [0, 0.1) is 6.92 Å². The third-order valence-corrected chi connectivity index (χ3v) is 2.83. The lowest BCUT2D eigenvalue weighted by Crippen LogP contribution is -2.39. The van der Waals surface area contributed by atoms with Crippen LogP contribution in [0.3, 0.4) is 0 Å². The molecule has 0 saturated carbocycles. The molecule has 1 saturated heterocycles. The molecule has 5 nitrogen and oxygen atoms in total. The fourth-order valence-electron chi connectivity index (χ4n) is 1.24. The second kappa shape index (κ2) is 4.69. The van der Waals surface area contributed by atoms with E-state index in [9.17, 15) is 4.79 Å². The van der Waals surface area contributed by atoms with Gasteiger partial charge in [0.25, 0.3) is 5.91 Å². The highest BCUT2D eigenvalue weighted by Gasteiger charge is 2.23. The summed E-state index contributed by atoms with van der Waals surface area (Å²) in [6, 6.07) is 0. The van der Waals surface area contributed by atoms with E-state index in [-0.39, 0.29) is 5.91 Å². The Bertz CT molecular complexity index is 347. The molecule has 1 N–H and O–H groups in total. The summed E-state index contributed by atoms with van der Waals surface area (Å²) in [6.07, 6.45) is -0.511. The van der Waals surface area contributed by atoms with Gasteiger partial charge in [0, 0.05) is 5.38 Å². The first-order chi connectivity index (χ1) is 7.25. The smallest absolute Gasteiger partial charge is 0.257 e. The zero-order valence-corrected chi connectivity index (χ0v) is 9.17. The molecule has 1 aliphatic rings. The number of carbonyl (C=O) groups excluding carboxylic acids is 1. The summed E-state index contributed by atoms with van der Waals surface area (Å²) in [7, 11) is 0. The van der Waals surface area contributed by atoms with Gasteiger partial charge in [-0.1, -0.05) is 0 Å². The van der Waals surface area contributed by atoms with Crippen molar-refractivity contribution in [2.75, 3.05) is 25.1 Å². The summed E-state index contributed by atoms with van der Waals surface area (Å²) in [6.45, 7) is 3.22. The lowest BCUT2D eigenvalue weighted by atomic mass is 10.3. The third kappa shape index (κ3) is 2.74. The topological polar surface area (TPSA) is 60.5 Å². The van der Waals surface area contributed by atoms with Crippen molar-refractivity contribution >= 4 is 22.4 Å². The van der Waals surface area contributed by atoms with Gasteiger partial charge in [-0.25, -0.2) is 4.98 Å². The third-order valence-electron chi connectivity index (χ3n) is 1.96. The van der Waals surface area contributed by atoms with Crippen LogP contribution in [0.4, 0.5) is 5.13 Å². The number of hydrogen-bond acceptors (Lipinski definition) is 5. The monoisotopic (exact) mass is 228 g/mol. The van der Waals surface area contributed by atoms with Crippen LogP contribution in [0.2, 0.25) is 0 Å². The Morgan fingerprint density at radius 3 is 3.13 bits per heavy atom. The van der Waals surface area contributed by atoms with E-state index in [4.69, 9.17) is 9.47 Å². The molecule has 1 aromatic heterocycles. The van der Waals surface area contributed by atoms with E-state index in [1.54, 1.807) is 0 Å². The summed E-state index contributed by atoms with van der Waals surface area (Å²) < 4.78 is 10.4. The second-order valence-electron chi connectivity index (χ2n) is 3.22. The van der Waals surface area contributed by atoms with E-state index in [1.807, 2.05) is 12.3 Å². The summed E-state index contributed by atoms with van der Waals surface area (Å²) in [5, 5.41) is 5.18. The summed E-state index contributed by atoms with van der Waals surface area (Å²) in [5.41, 5.74) is 0.899. The van der Waals surface area contributed by atoms with Gasteiger partial charge < -0.3 is 9.47 Å². The number of thiazole rings is 1. The fourth-order valence-corrected chi connectivity index (χ4v) is 1.93. The van der Waals surface area contributed by atoms with Gasteiger partial charge in [-0.15, -0.1) is 11.3 Å². The zero-order chi connectivity index (χ0) is 10.7. The van der Waals surface area contributed by atoms with Crippen molar-refractivity contribution in [3.63, 3.8) is 0 Å². The van der Waals surface area contributed by atoms with Crippen LogP contribution >= 0.6 is 11.3 Å². The van der Waals surface area contributed by atoms with Crippen molar-refractivity contribution in [1.82, 2.24) is 4.98 Å². The molecule has 0 unspecified atom stereocenters. The number of amides is 1. The first kappa shape index (κ1) is 10.5. The Morgan fingerprint density at radius 1 is 1.67 bits per heavy atom. The molecule has 1 fully saturated rings. The van der Waals surface area contributed by atoms with E-state index in [0.29, 0.717) is 25.0 Å². The van der Waals surface area contributed by atoms with Crippen LogP contribution in [0.25, 0.3) is 0 Å². The lowest BCUT2D eigenvalue weighted by molar-refractivity contribution is -0.142. The molecule has 0 aliphatic carbocycles. The number of anilines is 1. The van der Waals surface area contributed by atoms with Gasteiger partial charge in [-0.05, 0) is 6.92 Å². The van der Waals surface area contributed by atoms with E-state index >= 15 is 0 Å². The highest BCUT2D eigenvalue weighted by Crippen LogP contribution is 2.15. The van der Waals surface area contributed by atoms with Crippen LogP contribution < -0.4 is 5.32 Å². The van der Waals surface area contributed by atoms with Gasteiger partial charge in [-0.2, -0.15) is 0 Å². The average molecular weight is 228 g/mol. The Labute approximate surface area is 91.4 Å². The molecule has 6 heteroatoms. The van der Waals surface area contributed by atoms with Gasteiger partial charge in [0.15, 0.2) is 11.2 Å². The Hall–Kier alpha value is -0.980. The molecule has 2 heterocycles. The number of carbonyl (C=O) groups is 1. The number of nitrogens with zero attached hydrogens (tertiary/aromatic N) is 1. The highest BCUT2D eigenvalue weighted by molar-refractivity contribution is 7.13. The van der Waals surface area contributed by atoms with Crippen molar-refractivity contribution in [3.8, 4) is 0 Å². The summed E-state index contributed by atoms with van der Waals surface area (Å²) in [4.78, 5) is 15.8. The van der Waals surface area contributed by atoms with E-state index in [0.717, 1.165) is 5.69 Å². The van der Waals surface area contributed by atoms with Crippen molar-refractivity contribution in [3.05, 3.63) is 11.1 Å². The number of nitrogens with one attached hydrogen (secondary N) is 1. The molecule has 1 aliphatic heterocycles. The number of hydrogen-bond donors (Lipinski definition) is 1. The molecule has 1 aromatic rings. The molecule has 0 bridgehead atoms. The molecule has 0 radical (unpaired) electrons. The normalized spacial score (nSPS) is 21.3. The number of aromatic nitrogens is 1. The summed E-state index contributed by atoms with van der Waals surface area (Å²) in [5.74, 6) is -0.191. The van der Waals surface area contributed by atoms with Crippen molar-refractivity contribution < 1.29 is 14.3 Å². The fraction of sp³-hybridized carbons (Fsp3) is 0.556. The highest BCUT2D eigenvalue weighted by atomic mass is 32.1. The van der Waals surface area contributed by atoms with Crippen LogP contribution in [0.1, 0.15) is 5.69 Å². The van der Waals surface area contributed by atoms with Gasteiger partial charge >= 0.3 is 0 Å². The molecule has 0 spiro atoms.